The van der Waals surface area contributed by atoms with Crippen LogP contribution in [0, 0.1) is 17.8 Å². The summed E-state index contributed by atoms with van der Waals surface area (Å²) < 4.78 is 6.66. The summed E-state index contributed by atoms with van der Waals surface area (Å²) >= 11 is 3.58. The third-order valence-corrected chi connectivity index (χ3v) is 5.58. The van der Waals surface area contributed by atoms with Crippen molar-refractivity contribution in [1.29, 1.82) is 0 Å². The van der Waals surface area contributed by atoms with Gasteiger partial charge < -0.3 is 10.1 Å². The van der Waals surface area contributed by atoms with Crippen molar-refractivity contribution in [2.24, 2.45) is 17.8 Å². The Labute approximate surface area is 130 Å². The molecule has 20 heavy (non-hydrogen) atoms. The molecule has 1 N–H and O–H groups in total. The normalized spacial score (nSPS) is 29.1. The second-order valence-electron chi connectivity index (χ2n) is 6.16. The lowest BCUT2D eigenvalue weighted by molar-refractivity contribution is 0.387. The number of likely N-dealkylation sites (N-methyl/N-ethyl adjacent to an activating group) is 1. The van der Waals surface area contributed by atoms with Gasteiger partial charge in [-0.2, -0.15) is 0 Å². The predicted octanol–water partition coefficient (Wildman–Crippen LogP) is 4.02. The Bertz CT molecular complexity index is 466. The van der Waals surface area contributed by atoms with Crippen molar-refractivity contribution in [3.8, 4) is 5.75 Å². The van der Waals surface area contributed by atoms with E-state index in [1.54, 1.807) is 7.11 Å². The fourth-order valence-electron chi connectivity index (χ4n) is 4.22. The zero-order valence-corrected chi connectivity index (χ0v) is 13.9. The van der Waals surface area contributed by atoms with E-state index in [4.69, 9.17) is 4.74 Å². The number of halogens is 1. The van der Waals surface area contributed by atoms with Crippen molar-refractivity contribution < 1.29 is 4.74 Å². The molecule has 2 fully saturated rings. The van der Waals surface area contributed by atoms with Crippen LogP contribution in [0.4, 0.5) is 0 Å². The number of ether oxygens (including phenoxy) is 1. The molecule has 2 nitrogen and oxygen atoms in total. The summed E-state index contributed by atoms with van der Waals surface area (Å²) in [5.41, 5.74) is 1.32. The maximum absolute atomic E-state index is 5.52. The maximum Gasteiger partial charge on any atom is 0.122 e. The molecule has 2 saturated carbocycles. The van der Waals surface area contributed by atoms with E-state index in [9.17, 15) is 0 Å². The molecule has 3 atom stereocenters. The van der Waals surface area contributed by atoms with Gasteiger partial charge in [0.05, 0.1) is 7.11 Å². The lowest BCUT2D eigenvalue weighted by Gasteiger charge is -2.21. The summed E-state index contributed by atoms with van der Waals surface area (Å²) in [6.07, 6.45) is 5.43. The number of hydrogen-bond acceptors (Lipinski definition) is 2. The highest BCUT2D eigenvalue weighted by atomic mass is 79.9. The first-order valence-corrected chi connectivity index (χ1v) is 8.59. The van der Waals surface area contributed by atoms with Crippen LogP contribution in [0.3, 0.4) is 0 Å². The van der Waals surface area contributed by atoms with Crippen molar-refractivity contribution >= 4 is 15.9 Å². The van der Waals surface area contributed by atoms with E-state index < -0.39 is 0 Å². The SMILES string of the molecule is CCNC(Cc1cc(Br)ccc1OC)C1C2CCCC21. The van der Waals surface area contributed by atoms with Gasteiger partial charge in [0.25, 0.3) is 0 Å². The van der Waals surface area contributed by atoms with Gasteiger partial charge in [0, 0.05) is 10.5 Å². The minimum absolute atomic E-state index is 0.610. The standard InChI is InChI=1S/C17H24BrNO/c1-3-19-15(17-13-5-4-6-14(13)17)10-11-9-12(18)7-8-16(11)20-2/h7-9,13-15,17,19H,3-6,10H2,1-2H3. The second kappa shape index (κ2) is 6.07. The van der Waals surface area contributed by atoms with Gasteiger partial charge in [-0.25, -0.2) is 0 Å². The van der Waals surface area contributed by atoms with Gasteiger partial charge in [-0.3, -0.25) is 0 Å². The molecular formula is C17H24BrNO. The summed E-state index contributed by atoms with van der Waals surface area (Å²) in [7, 11) is 1.76. The Balaban J connectivity index is 1.75. The number of hydrogen-bond donors (Lipinski definition) is 1. The average Bonchev–Trinajstić information content (AvgIpc) is 2.90. The Morgan fingerprint density at radius 2 is 2.10 bits per heavy atom. The fraction of sp³-hybridized carbons (Fsp3) is 0.647. The summed E-state index contributed by atoms with van der Waals surface area (Å²) in [6.45, 7) is 3.26. The molecule has 0 bridgehead atoms. The molecule has 0 saturated heterocycles. The number of nitrogens with one attached hydrogen (secondary N) is 1. The first kappa shape index (κ1) is 14.4. The predicted molar refractivity (Wildman–Crippen MR) is 86.2 cm³/mol. The van der Waals surface area contributed by atoms with Crippen LogP contribution in [0.15, 0.2) is 22.7 Å². The van der Waals surface area contributed by atoms with E-state index in [1.165, 1.54) is 24.8 Å². The van der Waals surface area contributed by atoms with Crippen LogP contribution >= 0.6 is 15.9 Å². The number of fused-ring (bicyclic) bond motifs is 1. The van der Waals surface area contributed by atoms with Gasteiger partial charge in [-0.1, -0.05) is 29.3 Å². The highest BCUT2D eigenvalue weighted by molar-refractivity contribution is 9.10. The number of benzene rings is 1. The lowest BCUT2D eigenvalue weighted by Crippen LogP contribution is -2.34. The van der Waals surface area contributed by atoms with E-state index in [0.717, 1.165) is 40.9 Å². The van der Waals surface area contributed by atoms with Gasteiger partial charge in [-0.15, -0.1) is 0 Å². The van der Waals surface area contributed by atoms with Crippen LogP contribution in [0.5, 0.6) is 5.75 Å². The van der Waals surface area contributed by atoms with Crippen LogP contribution in [0.25, 0.3) is 0 Å². The van der Waals surface area contributed by atoms with Gasteiger partial charge in [0.15, 0.2) is 0 Å². The van der Waals surface area contributed by atoms with E-state index in [1.807, 2.05) is 0 Å². The zero-order chi connectivity index (χ0) is 14.1. The summed E-state index contributed by atoms with van der Waals surface area (Å²) in [4.78, 5) is 0. The van der Waals surface area contributed by atoms with E-state index in [0.29, 0.717) is 6.04 Å². The molecule has 0 heterocycles. The third kappa shape index (κ3) is 2.75. The van der Waals surface area contributed by atoms with Crippen LogP contribution in [0.1, 0.15) is 31.7 Å². The van der Waals surface area contributed by atoms with Crippen LogP contribution < -0.4 is 10.1 Å². The monoisotopic (exact) mass is 337 g/mol. The number of rotatable bonds is 6. The van der Waals surface area contributed by atoms with Crippen LogP contribution in [-0.2, 0) is 6.42 Å². The van der Waals surface area contributed by atoms with Crippen molar-refractivity contribution in [2.45, 2.75) is 38.6 Å². The third-order valence-electron chi connectivity index (χ3n) is 5.09. The van der Waals surface area contributed by atoms with E-state index in [-0.39, 0.29) is 0 Å². The molecule has 2 aliphatic carbocycles. The highest BCUT2D eigenvalue weighted by Gasteiger charge is 2.55. The van der Waals surface area contributed by atoms with Gasteiger partial charge >= 0.3 is 0 Å². The van der Waals surface area contributed by atoms with Gasteiger partial charge in [-0.05, 0) is 67.3 Å². The van der Waals surface area contributed by atoms with E-state index >= 15 is 0 Å². The summed E-state index contributed by atoms with van der Waals surface area (Å²) in [5, 5.41) is 3.72. The molecule has 1 aromatic carbocycles. The minimum Gasteiger partial charge on any atom is -0.496 e. The number of methoxy groups -OCH3 is 1. The molecule has 3 unspecified atom stereocenters. The lowest BCUT2D eigenvalue weighted by atomic mass is 9.96. The maximum atomic E-state index is 5.52. The second-order valence-corrected chi connectivity index (χ2v) is 7.08. The summed E-state index contributed by atoms with van der Waals surface area (Å²) in [5.74, 6) is 3.91. The smallest absolute Gasteiger partial charge is 0.122 e. The van der Waals surface area contributed by atoms with Gasteiger partial charge in [0.1, 0.15) is 5.75 Å². The van der Waals surface area contributed by atoms with Gasteiger partial charge in [0.2, 0.25) is 0 Å². The van der Waals surface area contributed by atoms with E-state index in [2.05, 4.69) is 46.4 Å². The Hall–Kier alpha value is -0.540. The van der Waals surface area contributed by atoms with Crippen LogP contribution in [-0.4, -0.2) is 19.7 Å². The highest BCUT2D eigenvalue weighted by Crippen LogP contribution is 2.59. The van der Waals surface area contributed by atoms with Crippen molar-refractivity contribution in [1.82, 2.24) is 5.32 Å². The largest absolute Gasteiger partial charge is 0.496 e. The topological polar surface area (TPSA) is 21.3 Å². The molecule has 0 aliphatic heterocycles. The minimum atomic E-state index is 0.610. The first-order chi connectivity index (χ1) is 9.74. The molecule has 1 aromatic rings. The Morgan fingerprint density at radius 3 is 2.75 bits per heavy atom. The molecule has 0 amide bonds. The zero-order valence-electron chi connectivity index (χ0n) is 12.4. The first-order valence-electron chi connectivity index (χ1n) is 7.80. The average molecular weight is 338 g/mol. The molecule has 0 spiro atoms. The molecule has 2 aliphatic rings. The fourth-order valence-corrected chi connectivity index (χ4v) is 4.63. The molecular weight excluding hydrogens is 314 g/mol. The molecule has 0 radical (unpaired) electrons. The molecule has 0 aromatic heterocycles. The molecule has 3 heteroatoms. The van der Waals surface area contributed by atoms with Crippen molar-refractivity contribution in [2.75, 3.05) is 13.7 Å². The van der Waals surface area contributed by atoms with Crippen molar-refractivity contribution in [3.63, 3.8) is 0 Å². The quantitative estimate of drug-likeness (QED) is 0.846. The molecule has 110 valence electrons. The molecule has 3 rings (SSSR count). The van der Waals surface area contributed by atoms with Crippen molar-refractivity contribution in [3.05, 3.63) is 28.2 Å². The van der Waals surface area contributed by atoms with Crippen LogP contribution in [0.2, 0.25) is 0 Å². The summed E-state index contributed by atoms with van der Waals surface area (Å²) in [6, 6.07) is 6.94. The Morgan fingerprint density at radius 1 is 1.35 bits per heavy atom. The Kier molecular flexibility index (Phi) is 4.37.